The van der Waals surface area contributed by atoms with Crippen LogP contribution in [0.25, 0.3) is 0 Å². The van der Waals surface area contributed by atoms with Crippen molar-refractivity contribution in [3.8, 4) is 0 Å². The minimum atomic E-state index is -0.528. The number of nitro benzene ring substituents is 1. The van der Waals surface area contributed by atoms with Gasteiger partial charge >= 0.3 is 6.03 Å². The van der Waals surface area contributed by atoms with Crippen molar-refractivity contribution in [3.05, 3.63) is 46.1 Å². The summed E-state index contributed by atoms with van der Waals surface area (Å²) < 4.78 is 1.50. The van der Waals surface area contributed by atoms with E-state index in [0.717, 1.165) is 0 Å². The van der Waals surface area contributed by atoms with Gasteiger partial charge in [-0.25, -0.2) is 4.79 Å². The van der Waals surface area contributed by atoms with Crippen molar-refractivity contribution in [1.82, 2.24) is 15.1 Å². The Labute approximate surface area is 119 Å². The van der Waals surface area contributed by atoms with E-state index in [9.17, 15) is 14.9 Å². The largest absolute Gasteiger partial charge is 0.384 e. The molecule has 2 rings (SSSR count). The van der Waals surface area contributed by atoms with E-state index >= 15 is 0 Å². The number of nitro groups is 1. The summed E-state index contributed by atoms with van der Waals surface area (Å²) in [6.45, 7) is 0.209. The lowest BCUT2D eigenvalue weighted by Gasteiger charge is -2.07. The number of nitrogens with zero attached hydrogens (tertiary/aromatic N) is 3. The fraction of sp³-hybridized carbons (Fsp3) is 0.167. The number of non-ortho nitro benzene ring substituents is 1. The summed E-state index contributed by atoms with van der Waals surface area (Å²) in [5.74, 6) is 0.464. The van der Waals surface area contributed by atoms with E-state index in [0.29, 0.717) is 17.1 Å². The highest BCUT2D eigenvalue weighted by atomic mass is 16.6. The van der Waals surface area contributed by atoms with Crippen LogP contribution in [-0.4, -0.2) is 20.7 Å². The van der Waals surface area contributed by atoms with Crippen molar-refractivity contribution in [3.63, 3.8) is 0 Å². The minimum absolute atomic E-state index is 0.0932. The molecule has 0 spiro atoms. The average Bonchev–Trinajstić information content (AvgIpc) is 2.77. The van der Waals surface area contributed by atoms with E-state index < -0.39 is 11.0 Å². The smallest absolute Gasteiger partial charge is 0.319 e. The molecule has 0 aliphatic rings. The number of aromatic nitrogens is 2. The van der Waals surface area contributed by atoms with Crippen molar-refractivity contribution in [1.29, 1.82) is 0 Å². The van der Waals surface area contributed by atoms with Crippen LogP contribution < -0.4 is 16.4 Å². The number of urea groups is 1. The number of hydrogen-bond donors (Lipinski definition) is 3. The third-order valence-corrected chi connectivity index (χ3v) is 2.82. The Balaban J connectivity index is 1.94. The zero-order chi connectivity index (χ0) is 15.4. The molecule has 9 nitrogen and oxygen atoms in total. The molecule has 0 aliphatic heterocycles. The molecule has 9 heteroatoms. The van der Waals surface area contributed by atoms with Crippen LogP contribution in [-0.2, 0) is 13.6 Å². The van der Waals surface area contributed by atoms with Gasteiger partial charge in [-0.15, -0.1) is 0 Å². The highest BCUT2D eigenvalue weighted by Crippen LogP contribution is 2.16. The molecule has 0 aliphatic carbocycles. The van der Waals surface area contributed by atoms with E-state index in [1.807, 2.05) is 0 Å². The summed E-state index contributed by atoms with van der Waals surface area (Å²) in [7, 11) is 1.70. The molecular weight excluding hydrogens is 276 g/mol. The second kappa shape index (κ2) is 5.90. The average molecular weight is 290 g/mol. The molecule has 0 radical (unpaired) electrons. The van der Waals surface area contributed by atoms with Crippen molar-refractivity contribution >= 4 is 23.2 Å². The molecule has 21 heavy (non-hydrogen) atoms. The van der Waals surface area contributed by atoms with Crippen LogP contribution in [0.15, 0.2) is 30.5 Å². The second-order valence-corrected chi connectivity index (χ2v) is 4.29. The molecule has 0 saturated heterocycles. The maximum atomic E-state index is 11.7. The zero-order valence-corrected chi connectivity index (χ0v) is 11.2. The first-order valence-corrected chi connectivity index (χ1v) is 6.03. The summed E-state index contributed by atoms with van der Waals surface area (Å²) in [6, 6.07) is 5.19. The first kappa shape index (κ1) is 14.3. The second-order valence-electron chi connectivity index (χ2n) is 4.29. The Kier molecular flexibility index (Phi) is 4.02. The lowest BCUT2D eigenvalue weighted by atomic mass is 10.3. The number of hydrogen-bond acceptors (Lipinski definition) is 5. The molecule has 0 saturated carbocycles. The van der Waals surface area contributed by atoms with Crippen LogP contribution in [0.5, 0.6) is 0 Å². The molecule has 2 amide bonds. The number of anilines is 2. The molecular formula is C12H14N6O3. The zero-order valence-electron chi connectivity index (χ0n) is 11.2. The topological polar surface area (TPSA) is 128 Å². The van der Waals surface area contributed by atoms with E-state index in [4.69, 9.17) is 5.73 Å². The summed E-state index contributed by atoms with van der Waals surface area (Å²) >= 11 is 0. The Morgan fingerprint density at radius 3 is 2.90 bits per heavy atom. The maximum Gasteiger partial charge on any atom is 0.319 e. The molecule has 0 unspecified atom stereocenters. The molecule has 4 N–H and O–H groups in total. The van der Waals surface area contributed by atoms with Crippen molar-refractivity contribution in [2.45, 2.75) is 6.54 Å². The predicted octanol–water partition coefficient (Wildman–Crippen LogP) is 1.23. The van der Waals surface area contributed by atoms with Gasteiger partial charge in [0.05, 0.1) is 11.1 Å². The predicted molar refractivity (Wildman–Crippen MR) is 76.6 cm³/mol. The number of carbonyl (C=O) groups excluding carboxylic acids is 1. The monoisotopic (exact) mass is 290 g/mol. The van der Waals surface area contributed by atoms with Gasteiger partial charge < -0.3 is 16.4 Å². The van der Waals surface area contributed by atoms with Gasteiger partial charge in [-0.3, -0.25) is 14.8 Å². The summed E-state index contributed by atoms with van der Waals surface area (Å²) in [4.78, 5) is 21.8. The van der Waals surface area contributed by atoms with Gasteiger partial charge in [-0.05, 0) is 6.07 Å². The SMILES string of the molecule is Cn1ncc(CNC(=O)Nc2cccc([N+](=O)[O-])c2)c1N. The Bertz CT molecular complexity index is 681. The number of rotatable bonds is 4. The van der Waals surface area contributed by atoms with E-state index in [-0.39, 0.29) is 12.2 Å². The molecule has 1 aromatic heterocycles. The Morgan fingerprint density at radius 2 is 2.29 bits per heavy atom. The number of amides is 2. The van der Waals surface area contributed by atoms with E-state index in [1.165, 1.54) is 22.9 Å². The number of benzene rings is 1. The van der Waals surface area contributed by atoms with Gasteiger partial charge in [-0.1, -0.05) is 6.07 Å². The van der Waals surface area contributed by atoms with Crippen molar-refractivity contribution in [2.75, 3.05) is 11.1 Å². The fourth-order valence-corrected chi connectivity index (χ4v) is 1.68. The fourth-order valence-electron chi connectivity index (χ4n) is 1.68. The van der Waals surface area contributed by atoms with Gasteiger partial charge in [0.15, 0.2) is 0 Å². The summed E-state index contributed by atoms with van der Waals surface area (Å²) in [6.07, 6.45) is 1.56. The number of nitrogens with two attached hydrogens (primary N) is 1. The van der Waals surface area contributed by atoms with E-state index in [1.54, 1.807) is 19.3 Å². The highest BCUT2D eigenvalue weighted by Gasteiger charge is 2.09. The lowest BCUT2D eigenvalue weighted by Crippen LogP contribution is -2.28. The van der Waals surface area contributed by atoms with Gasteiger partial charge in [0.2, 0.25) is 0 Å². The summed E-state index contributed by atoms with van der Waals surface area (Å²) in [5, 5.41) is 19.7. The number of aryl methyl sites for hydroxylation is 1. The number of carbonyl (C=O) groups is 1. The third kappa shape index (κ3) is 3.47. The molecule has 0 fully saturated rings. The van der Waals surface area contributed by atoms with Gasteiger partial charge in [0.1, 0.15) is 5.82 Å². The molecule has 110 valence electrons. The molecule has 1 heterocycles. The van der Waals surface area contributed by atoms with Crippen LogP contribution in [0.4, 0.5) is 22.0 Å². The van der Waals surface area contributed by atoms with Crippen LogP contribution in [0.1, 0.15) is 5.56 Å². The Morgan fingerprint density at radius 1 is 1.52 bits per heavy atom. The van der Waals surface area contributed by atoms with Crippen LogP contribution in [0.2, 0.25) is 0 Å². The van der Waals surface area contributed by atoms with E-state index in [2.05, 4.69) is 15.7 Å². The molecule has 1 aromatic carbocycles. The summed E-state index contributed by atoms with van der Waals surface area (Å²) in [5.41, 5.74) is 6.68. The van der Waals surface area contributed by atoms with Gasteiger partial charge in [-0.2, -0.15) is 5.10 Å². The first-order valence-electron chi connectivity index (χ1n) is 6.03. The standard InChI is InChI=1S/C12H14N6O3/c1-17-11(13)8(7-15-17)6-14-12(19)16-9-3-2-4-10(5-9)18(20)21/h2-5,7H,6,13H2,1H3,(H2,14,16,19). The third-order valence-electron chi connectivity index (χ3n) is 2.82. The van der Waals surface area contributed by atoms with Crippen LogP contribution in [0, 0.1) is 10.1 Å². The molecule has 0 atom stereocenters. The highest BCUT2D eigenvalue weighted by molar-refractivity contribution is 5.89. The molecule has 0 bridgehead atoms. The maximum absolute atomic E-state index is 11.7. The minimum Gasteiger partial charge on any atom is -0.384 e. The van der Waals surface area contributed by atoms with Crippen LogP contribution in [0.3, 0.4) is 0 Å². The molecule has 2 aromatic rings. The van der Waals surface area contributed by atoms with Crippen molar-refractivity contribution < 1.29 is 9.72 Å². The Hall–Kier alpha value is -3.10. The first-order chi connectivity index (χ1) is 9.97. The van der Waals surface area contributed by atoms with Crippen molar-refractivity contribution in [2.24, 2.45) is 7.05 Å². The quantitative estimate of drug-likeness (QED) is 0.576. The normalized spacial score (nSPS) is 10.1. The number of nitrogens with one attached hydrogen (secondary N) is 2. The number of nitrogen functional groups attached to an aromatic ring is 1. The van der Waals surface area contributed by atoms with Gasteiger partial charge in [0, 0.05) is 37.0 Å². The lowest BCUT2D eigenvalue weighted by molar-refractivity contribution is -0.384. The van der Waals surface area contributed by atoms with Crippen LogP contribution >= 0.6 is 0 Å². The van der Waals surface area contributed by atoms with Gasteiger partial charge in [0.25, 0.3) is 5.69 Å².